The number of nitrogens with one attached hydrogen (secondary N) is 1. The Bertz CT molecular complexity index is 231. The molecule has 0 spiro atoms. The molecule has 0 aromatic rings. The van der Waals surface area contributed by atoms with E-state index in [2.05, 4.69) is 16.9 Å². The molecule has 5 N–H and O–H groups in total. The van der Waals surface area contributed by atoms with Gasteiger partial charge in [0, 0.05) is 40.0 Å². The Morgan fingerprint density at radius 2 is 1.23 bits per heavy atom. The number of carbonyl (C=O) groups is 2. The first kappa shape index (κ1) is 29.3. The summed E-state index contributed by atoms with van der Waals surface area (Å²) in [6.07, 6.45) is 0. The molecule has 8 nitrogen and oxygen atoms in total. The summed E-state index contributed by atoms with van der Waals surface area (Å²) in [6.45, 7) is 4.61. The molecular weight excluding hydrogens is 316 g/mol. The van der Waals surface area contributed by atoms with Crippen molar-refractivity contribution >= 4 is 22.8 Å². The SMILES string of the molecule is C.CC(=O)Cl.CC(=O)N(CCO)CCO.OCCNCCO. The van der Waals surface area contributed by atoms with Crippen LogP contribution in [0.2, 0.25) is 0 Å². The molecule has 0 aliphatic carbocycles. The van der Waals surface area contributed by atoms with E-state index in [0.717, 1.165) is 0 Å². The van der Waals surface area contributed by atoms with Crippen LogP contribution >= 0.6 is 11.6 Å². The molecule has 136 valence electrons. The van der Waals surface area contributed by atoms with Gasteiger partial charge in [0.05, 0.1) is 26.4 Å². The van der Waals surface area contributed by atoms with Crippen molar-refractivity contribution in [2.45, 2.75) is 21.3 Å². The molecule has 1 amide bonds. The van der Waals surface area contributed by atoms with Gasteiger partial charge in [-0.25, -0.2) is 0 Å². The van der Waals surface area contributed by atoms with Crippen LogP contribution in [0.1, 0.15) is 21.3 Å². The Kier molecular flexibility index (Phi) is 33.5. The van der Waals surface area contributed by atoms with Gasteiger partial charge in [-0.15, -0.1) is 0 Å². The standard InChI is InChI=1S/C6H13NO3.C4H11NO2.C2H3ClO.CH4/c1-6(10)7(2-4-8)3-5-9;6-3-1-5-2-4-7;1-2(3)4;/h8-9H,2-5H2,1H3;5-7H,1-4H2;1H3;1H4. The van der Waals surface area contributed by atoms with Crippen molar-refractivity contribution in [1.29, 1.82) is 0 Å². The number of aliphatic hydroxyl groups excluding tert-OH is 4. The highest BCUT2D eigenvalue weighted by Gasteiger charge is 2.04. The van der Waals surface area contributed by atoms with Crippen LogP contribution in [0.4, 0.5) is 0 Å². The largest absolute Gasteiger partial charge is 0.395 e. The van der Waals surface area contributed by atoms with Crippen LogP contribution in [0.5, 0.6) is 0 Å². The van der Waals surface area contributed by atoms with E-state index < -0.39 is 0 Å². The monoisotopic (exact) mass is 346 g/mol. The molecule has 0 fully saturated rings. The summed E-state index contributed by atoms with van der Waals surface area (Å²) in [7, 11) is 0. The van der Waals surface area contributed by atoms with Crippen LogP contribution in [0.3, 0.4) is 0 Å². The van der Waals surface area contributed by atoms with E-state index in [1.807, 2.05) is 0 Å². The molecule has 0 aromatic carbocycles. The van der Waals surface area contributed by atoms with E-state index in [1.54, 1.807) is 0 Å². The Morgan fingerprint density at radius 1 is 0.909 bits per heavy atom. The molecule has 0 aliphatic heterocycles. The van der Waals surface area contributed by atoms with Crippen molar-refractivity contribution in [2.75, 3.05) is 52.6 Å². The topological polar surface area (TPSA) is 130 Å². The number of rotatable bonds is 8. The van der Waals surface area contributed by atoms with Crippen LogP contribution in [-0.4, -0.2) is 89.1 Å². The van der Waals surface area contributed by atoms with Crippen molar-refractivity contribution < 1.29 is 30.0 Å². The Hall–Kier alpha value is -0.770. The molecule has 0 rings (SSSR count). The minimum atomic E-state index is -0.361. The first-order valence-corrected chi connectivity index (χ1v) is 6.80. The van der Waals surface area contributed by atoms with E-state index in [9.17, 15) is 9.59 Å². The first-order valence-electron chi connectivity index (χ1n) is 6.43. The molecule has 0 saturated carbocycles. The van der Waals surface area contributed by atoms with Crippen molar-refractivity contribution in [2.24, 2.45) is 0 Å². The quantitative estimate of drug-likeness (QED) is 0.275. The fraction of sp³-hybridized carbons (Fsp3) is 0.846. The molecule has 0 aliphatic rings. The maximum Gasteiger partial charge on any atom is 0.219 e. The Labute approximate surface area is 137 Å². The molecule has 9 heteroatoms. The summed E-state index contributed by atoms with van der Waals surface area (Å²) in [4.78, 5) is 21.2. The van der Waals surface area contributed by atoms with Crippen LogP contribution in [0, 0.1) is 0 Å². The van der Waals surface area contributed by atoms with E-state index in [1.165, 1.54) is 18.7 Å². The summed E-state index contributed by atoms with van der Waals surface area (Å²) >= 11 is 4.64. The zero-order valence-corrected chi connectivity index (χ0v) is 13.3. The Morgan fingerprint density at radius 3 is 1.41 bits per heavy atom. The van der Waals surface area contributed by atoms with Crippen molar-refractivity contribution in [3.05, 3.63) is 0 Å². The third kappa shape index (κ3) is 36.5. The average molecular weight is 347 g/mol. The highest BCUT2D eigenvalue weighted by atomic mass is 35.5. The van der Waals surface area contributed by atoms with Gasteiger partial charge < -0.3 is 30.6 Å². The second-order valence-electron chi connectivity index (χ2n) is 3.62. The van der Waals surface area contributed by atoms with E-state index in [4.69, 9.17) is 20.4 Å². The molecule has 0 bridgehead atoms. The van der Waals surface area contributed by atoms with Crippen LogP contribution in [-0.2, 0) is 9.59 Å². The number of nitrogens with zero attached hydrogens (tertiary/aromatic N) is 1. The molecule has 0 heterocycles. The smallest absolute Gasteiger partial charge is 0.219 e. The first-order chi connectivity index (χ1) is 9.87. The highest BCUT2D eigenvalue weighted by molar-refractivity contribution is 6.62. The number of hydrogen-bond donors (Lipinski definition) is 5. The third-order valence-electron chi connectivity index (χ3n) is 1.76. The molecule has 0 atom stereocenters. The molecular formula is C13H31ClN2O6. The predicted molar refractivity (Wildman–Crippen MR) is 86.7 cm³/mol. The van der Waals surface area contributed by atoms with Gasteiger partial charge in [-0.1, -0.05) is 7.43 Å². The van der Waals surface area contributed by atoms with Crippen molar-refractivity contribution in [3.63, 3.8) is 0 Å². The number of amides is 1. The summed E-state index contributed by atoms with van der Waals surface area (Å²) < 4.78 is 0. The number of halogens is 1. The summed E-state index contributed by atoms with van der Waals surface area (Å²) in [5.41, 5.74) is 0. The van der Waals surface area contributed by atoms with Gasteiger partial charge in [-0.05, 0) is 11.6 Å². The summed E-state index contributed by atoms with van der Waals surface area (Å²) in [5, 5.41) is 35.6. The van der Waals surface area contributed by atoms with Gasteiger partial charge in [-0.2, -0.15) is 0 Å². The lowest BCUT2D eigenvalue weighted by atomic mass is 10.4. The number of carbonyl (C=O) groups excluding carboxylic acids is 2. The zero-order valence-electron chi connectivity index (χ0n) is 12.6. The van der Waals surface area contributed by atoms with Gasteiger partial charge in [-0.3, -0.25) is 9.59 Å². The summed E-state index contributed by atoms with van der Waals surface area (Å²) in [6, 6.07) is 0. The van der Waals surface area contributed by atoms with Crippen molar-refractivity contribution in [3.8, 4) is 0 Å². The van der Waals surface area contributed by atoms with Crippen molar-refractivity contribution in [1.82, 2.24) is 10.2 Å². The predicted octanol–water partition coefficient (Wildman–Crippen LogP) is -1.21. The third-order valence-corrected chi connectivity index (χ3v) is 1.76. The fourth-order valence-electron chi connectivity index (χ4n) is 0.951. The Balaban J connectivity index is -0.000000118. The van der Waals surface area contributed by atoms with E-state index in [0.29, 0.717) is 26.2 Å². The normalized spacial score (nSPS) is 8.50. The van der Waals surface area contributed by atoms with Crippen LogP contribution in [0.15, 0.2) is 0 Å². The van der Waals surface area contributed by atoms with Gasteiger partial charge >= 0.3 is 0 Å². The van der Waals surface area contributed by atoms with Gasteiger partial charge in [0.25, 0.3) is 0 Å². The van der Waals surface area contributed by atoms with Crippen LogP contribution in [0.25, 0.3) is 0 Å². The molecule has 22 heavy (non-hydrogen) atoms. The lowest BCUT2D eigenvalue weighted by molar-refractivity contribution is -0.129. The maximum atomic E-state index is 10.6. The lowest BCUT2D eigenvalue weighted by Gasteiger charge is -2.17. The number of aliphatic hydroxyl groups is 4. The molecule has 0 saturated heterocycles. The maximum absolute atomic E-state index is 10.6. The van der Waals surface area contributed by atoms with Gasteiger partial charge in [0.1, 0.15) is 0 Å². The average Bonchev–Trinajstić information content (AvgIpc) is 2.39. The zero-order chi connectivity index (χ0) is 17.1. The molecule has 0 unspecified atom stereocenters. The fourth-order valence-corrected chi connectivity index (χ4v) is 0.951. The minimum absolute atomic E-state index is 0. The molecule has 0 aromatic heterocycles. The second kappa shape index (κ2) is 25.2. The molecule has 0 radical (unpaired) electrons. The second-order valence-corrected chi connectivity index (χ2v) is 4.15. The van der Waals surface area contributed by atoms with E-state index in [-0.39, 0.29) is 45.0 Å². The number of hydrogen-bond acceptors (Lipinski definition) is 7. The van der Waals surface area contributed by atoms with Crippen LogP contribution < -0.4 is 5.32 Å². The van der Waals surface area contributed by atoms with Gasteiger partial charge in [0.15, 0.2) is 0 Å². The minimum Gasteiger partial charge on any atom is -0.395 e. The highest BCUT2D eigenvalue weighted by Crippen LogP contribution is 1.86. The summed E-state index contributed by atoms with van der Waals surface area (Å²) in [5.74, 6) is -0.122. The van der Waals surface area contributed by atoms with Gasteiger partial charge in [0.2, 0.25) is 11.1 Å². The lowest BCUT2D eigenvalue weighted by Crippen LogP contribution is -2.33. The van der Waals surface area contributed by atoms with E-state index >= 15 is 0 Å².